The standard InChI is InChI=1S/C15H16N4O2/c20-11-5-3-4-10(8-11)9-16-19-15(21)14-12-6-1-2-7-13(12)17-18-14/h3-5,8-9,20H,1-2,6-7H2,(H,17,18)(H,19,21)/b16-9-. The molecule has 21 heavy (non-hydrogen) atoms. The molecule has 0 saturated heterocycles. The Bertz CT molecular complexity index is 691. The van der Waals surface area contributed by atoms with Crippen molar-refractivity contribution in [1.29, 1.82) is 0 Å². The number of nitrogens with one attached hydrogen (secondary N) is 2. The van der Waals surface area contributed by atoms with Gasteiger partial charge in [0.1, 0.15) is 5.75 Å². The Hall–Kier alpha value is -2.63. The number of hydrazone groups is 1. The normalized spacial score (nSPS) is 14.1. The summed E-state index contributed by atoms with van der Waals surface area (Å²) in [4.78, 5) is 12.1. The lowest BCUT2D eigenvalue weighted by Crippen LogP contribution is -2.20. The molecule has 1 heterocycles. The number of carbonyl (C=O) groups excluding carboxylic acids is 1. The number of amides is 1. The summed E-state index contributed by atoms with van der Waals surface area (Å²) < 4.78 is 0. The minimum atomic E-state index is -0.314. The first-order chi connectivity index (χ1) is 10.2. The van der Waals surface area contributed by atoms with E-state index in [9.17, 15) is 9.90 Å². The van der Waals surface area contributed by atoms with Crippen molar-refractivity contribution in [3.8, 4) is 5.75 Å². The number of aromatic nitrogens is 2. The van der Waals surface area contributed by atoms with Crippen LogP contribution in [-0.2, 0) is 12.8 Å². The quantitative estimate of drug-likeness (QED) is 0.592. The van der Waals surface area contributed by atoms with E-state index >= 15 is 0 Å². The molecule has 108 valence electrons. The van der Waals surface area contributed by atoms with E-state index in [1.54, 1.807) is 24.3 Å². The molecule has 3 rings (SSSR count). The molecule has 0 spiro atoms. The maximum Gasteiger partial charge on any atom is 0.292 e. The average molecular weight is 284 g/mol. The number of phenolic OH excluding ortho intramolecular Hbond substituents is 1. The summed E-state index contributed by atoms with van der Waals surface area (Å²) in [7, 11) is 0. The zero-order valence-electron chi connectivity index (χ0n) is 11.5. The molecule has 1 aliphatic carbocycles. The Morgan fingerprint density at radius 3 is 3.10 bits per heavy atom. The first-order valence-corrected chi connectivity index (χ1v) is 6.92. The number of hydrogen-bond donors (Lipinski definition) is 3. The van der Waals surface area contributed by atoms with Crippen LogP contribution >= 0.6 is 0 Å². The van der Waals surface area contributed by atoms with Gasteiger partial charge in [-0.05, 0) is 43.4 Å². The van der Waals surface area contributed by atoms with Gasteiger partial charge in [-0.3, -0.25) is 9.89 Å². The van der Waals surface area contributed by atoms with E-state index in [-0.39, 0.29) is 11.7 Å². The molecule has 2 aromatic rings. The van der Waals surface area contributed by atoms with Crippen molar-refractivity contribution in [1.82, 2.24) is 15.6 Å². The molecule has 0 atom stereocenters. The lowest BCUT2D eigenvalue weighted by molar-refractivity contribution is 0.0949. The van der Waals surface area contributed by atoms with Crippen LogP contribution in [0.1, 0.15) is 40.2 Å². The molecule has 0 fully saturated rings. The van der Waals surface area contributed by atoms with E-state index in [1.165, 1.54) is 6.21 Å². The fourth-order valence-electron chi connectivity index (χ4n) is 2.49. The third-order valence-electron chi connectivity index (χ3n) is 3.52. The fraction of sp³-hybridized carbons (Fsp3) is 0.267. The monoisotopic (exact) mass is 284 g/mol. The van der Waals surface area contributed by atoms with Gasteiger partial charge in [0.05, 0.1) is 6.21 Å². The number of fused-ring (bicyclic) bond motifs is 1. The van der Waals surface area contributed by atoms with Crippen molar-refractivity contribution in [2.24, 2.45) is 5.10 Å². The molecule has 0 unspecified atom stereocenters. The Kier molecular flexibility index (Phi) is 3.68. The predicted molar refractivity (Wildman–Crippen MR) is 78.4 cm³/mol. The summed E-state index contributed by atoms with van der Waals surface area (Å²) in [6, 6.07) is 6.63. The van der Waals surface area contributed by atoms with Gasteiger partial charge in [0, 0.05) is 11.3 Å². The van der Waals surface area contributed by atoms with Crippen LogP contribution in [-0.4, -0.2) is 27.4 Å². The minimum Gasteiger partial charge on any atom is -0.508 e. The number of phenols is 1. The molecule has 0 saturated carbocycles. The van der Waals surface area contributed by atoms with Gasteiger partial charge in [-0.1, -0.05) is 12.1 Å². The van der Waals surface area contributed by atoms with Gasteiger partial charge in [0.25, 0.3) is 5.91 Å². The second kappa shape index (κ2) is 5.78. The smallest absolute Gasteiger partial charge is 0.292 e. The van der Waals surface area contributed by atoms with E-state index in [0.717, 1.165) is 36.9 Å². The maximum absolute atomic E-state index is 12.1. The van der Waals surface area contributed by atoms with Crippen LogP contribution in [0.3, 0.4) is 0 Å². The number of H-pyrrole nitrogens is 1. The van der Waals surface area contributed by atoms with Gasteiger partial charge in [0.2, 0.25) is 0 Å². The van der Waals surface area contributed by atoms with Crippen LogP contribution in [0.15, 0.2) is 29.4 Å². The SMILES string of the molecule is O=C(N/N=C\c1cccc(O)c1)c1n[nH]c2c1CCCC2. The second-order valence-electron chi connectivity index (χ2n) is 5.03. The van der Waals surface area contributed by atoms with Gasteiger partial charge < -0.3 is 5.11 Å². The molecule has 1 aromatic heterocycles. The highest BCUT2D eigenvalue weighted by atomic mass is 16.3. The number of benzene rings is 1. The predicted octanol–water partition coefficient (Wildman–Crippen LogP) is 1.76. The molecule has 1 aliphatic rings. The van der Waals surface area contributed by atoms with Crippen molar-refractivity contribution in [3.63, 3.8) is 0 Å². The molecule has 6 nitrogen and oxygen atoms in total. The number of rotatable bonds is 3. The number of aromatic hydroxyl groups is 1. The van der Waals surface area contributed by atoms with Crippen LogP contribution < -0.4 is 5.43 Å². The molecule has 6 heteroatoms. The zero-order chi connectivity index (χ0) is 14.7. The highest BCUT2D eigenvalue weighted by molar-refractivity contribution is 5.94. The third-order valence-corrected chi connectivity index (χ3v) is 3.52. The number of carbonyl (C=O) groups is 1. The fourth-order valence-corrected chi connectivity index (χ4v) is 2.49. The summed E-state index contributed by atoms with van der Waals surface area (Å²) in [6.45, 7) is 0. The van der Waals surface area contributed by atoms with Crippen molar-refractivity contribution < 1.29 is 9.90 Å². The number of aryl methyl sites for hydroxylation is 1. The number of aromatic amines is 1. The van der Waals surface area contributed by atoms with Crippen LogP contribution in [0.4, 0.5) is 0 Å². The molecule has 1 amide bonds. The number of hydrogen-bond acceptors (Lipinski definition) is 4. The van der Waals surface area contributed by atoms with Gasteiger partial charge in [-0.15, -0.1) is 0 Å². The van der Waals surface area contributed by atoms with E-state index in [2.05, 4.69) is 20.7 Å². The van der Waals surface area contributed by atoms with Crippen LogP contribution in [0.25, 0.3) is 0 Å². The van der Waals surface area contributed by atoms with Crippen molar-refractivity contribution in [3.05, 3.63) is 46.8 Å². The first-order valence-electron chi connectivity index (χ1n) is 6.92. The highest BCUT2D eigenvalue weighted by Gasteiger charge is 2.21. The lowest BCUT2D eigenvalue weighted by Gasteiger charge is -2.10. The average Bonchev–Trinajstić information content (AvgIpc) is 2.91. The van der Waals surface area contributed by atoms with Crippen LogP contribution in [0, 0.1) is 0 Å². The van der Waals surface area contributed by atoms with E-state index in [1.807, 2.05) is 0 Å². The molecule has 0 aliphatic heterocycles. The molecular formula is C15H16N4O2. The van der Waals surface area contributed by atoms with Crippen molar-refractivity contribution in [2.45, 2.75) is 25.7 Å². The summed E-state index contributed by atoms with van der Waals surface area (Å²) in [5.74, 6) is -0.155. The summed E-state index contributed by atoms with van der Waals surface area (Å²) in [6.07, 6.45) is 5.52. The third kappa shape index (κ3) is 2.94. The molecular weight excluding hydrogens is 268 g/mol. The van der Waals surface area contributed by atoms with Crippen LogP contribution in [0.2, 0.25) is 0 Å². The summed E-state index contributed by atoms with van der Waals surface area (Å²) in [5, 5.41) is 20.3. The highest BCUT2D eigenvalue weighted by Crippen LogP contribution is 2.21. The maximum atomic E-state index is 12.1. The molecule has 1 aromatic carbocycles. The van der Waals surface area contributed by atoms with Gasteiger partial charge in [-0.25, -0.2) is 5.43 Å². The minimum absolute atomic E-state index is 0.159. The lowest BCUT2D eigenvalue weighted by atomic mass is 9.96. The summed E-state index contributed by atoms with van der Waals surface area (Å²) in [5.41, 5.74) is 5.67. The van der Waals surface area contributed by atoms with Gasteiger partial charge in [0.15, 0.2) is 5.69 Å². The van der Waals surface area contributed by atoms with Crippen molar-refractivity contribution in [2.75, 3.05) is 0 Å². The first kappa shape index (κ1) is 13.4. The Morgan fingerprint density at radius 2 is 2.24 bits per heavy atom. The topological polar surface area (TPSA) is 90.4 Å². The summed E-state index contributed by atoms with van der Waals surface area (Å²) >= 11 is 0. The van der Waals surface area contributed by atoms with Crippen LogP contribution in [0.5, 0.6) is 5.75 Å². The second-order valence-corrected chi connectivity index (χ2v) is 5.03. The zero-order valence-corrected chi connectivity index (χ0v) is 11.5. The van der Waals surface area contributed by atoms with E-state index in [4.69, 9.17) is 0 Å². The molecule has 3 N–H and O–H groups in total. The van der Waals surface area contributed by atoms with E-state index in [0.29, 0.717) is 11.3 Å². The molecule has 0 radical (unpaired) electrons. The number of nitrogens with zero attached hydrogens (tertiary/aromatic N) is 2. The Balaban J connectivity index is 1.68. The van der Waals surface area contributed by atoms with E-state index < -0.39 is 0 Å². The van der Waals surface area contributed by atoms with Gasteiger partial charge >= 0.3 is 0 Å². The van der Waals surface area contributed by atoms with Gasteiger partial charge in [-0.2, -0.15) is 10.2 Å². The largest absolute Gasteiger partial charge is 0.508 e. The van der Waals surface area contributed by atoms with Crippen molar-refractivity contribution >= 4 is 12.1 Å². The Labute approximate surface area is 121 Å². The Morgan fingerprint density at radius 1 is 1.38 bits per heavy atom. The molecule has 0 bridgehead atoms.